The number of amides is 2. The Morgan fingerprint density at radius 2 is 1.69 bits per heavy atom. The molecule has 0 unspecified atom stereocenters. The standard InChI is InChI=1S/C24H23N3O7S/c1-13-19(24(31)33-3)22(35-20(13)21(29)26-15-7-5-4-6-8-15)27-18(28)12-34-23(30)14-9-10-17(32-2)16(25)11-14/h4-11H,12,25H2,1-3H3,(H,26,29)(H,27,28). The van der Waals surface area contributed by atoms with Crippen LogP contribution < -0.4 is 21.1 Å². The van der Waals surface area contributed by atoms with E-state index in [1.54, 1.807) is 31.2 Å². The van der Waals surface area contributed by atoms with E-state index in [9.17, 15) is 19.2 Å². The van der Waals surface area contributed by atoms with Gasteiger partial charge in [0.15, 0.2) is 6.61 Å². The minimum absolute atomic E-state index is 0.0401. The highest BCUT2D eigenvalue weighted by molar-refractivity contribution is 7.19. The molecular formula is C24H23N3O7S. The van der Waals surface area contributed by atoms with Gasteiger partial charge in [0.1, 0.15) is 10.8 Å². The van der Waals surface area contributed by atoms with Crippen molar-refractivity contribution in [2.45, 2.75) is 6.92 Å². The number of ether oxygens (including phenoxy) is 3. The van der Waals surface area contributed by atoms with Crippen LogP contribution in [0.1, 0.15) is 36.0 Å². The quantitative estimate of drug-likeness (QED) is 0.317. The molecule has 3 rings (SSSR count). The predicted octanol–water partition coefficient (Wildman–Crippen LogP) is 3.48. The molecule has 4 N–H and O–H groups in total. The molecule has 11 heteroatoms. The largest absolute Gasteiger partial charge is 0.495 e. The van der Waals surface area contributed by atoms with Gasteiger partial charge in [0, 0.05) is 5.69 Å². The number of anilines is 3. The average molecular weight is 498 g/mol. The molecule has 0 fully saturated rings. The molecule has 2 aromatic carbocycles. The van der Waals surface area contributed by atoms with Gasteiger partial charge >= 0.3 is 11.9 Å². The smallest absolute Gasteiger partial charge is 0.341 e. The maximum atomic E-state index is 12.8. The molecule has 0 radical (unpaired) electrons. The predicted molar refractivity (Wildman–Crippen MR) is 131 cm³/mol. The van der Waals surface area contributed by atoms with Gasteiger partial charge in [0.25, 0.3) is 11.8 Å². The summed E-state index contributed by atoms with van der Waals surface area (Å²) in [5.74, 6) is -2.25. The molecule has 0 saturated carbocycles. The zero-order valence-electron chi connectivity index (χ0n) is 19.2. The van der Waals surface area contributed by atoms with E-state index in [4.69, 9.17) is 19.9 Å². The summed E-state index contributed by atoms with van der Waals surface area (Å²) < 4.78 is 14.9. The van der Waals surface area contributed by atoms with Crippen LogP contribution in [0, 0.1) is 6.92 Å². The number of benzene rings is 2. The number of nitrogens with one attached hydrogen (secondary N) is 2. The molecule has 10 nitrogen and oxygen atoms in total. The third-order valence-corrected chi connectivity index (χ3v) is 6.03. The molecule has 1 heterocycles. The Bertz CT molecular complexity index is 1270. The molecule has 0 atom stereocenters. The summed E-state index contributed by atoms with van der Waals surface area (Å²) in [6.07, 6.45) is 0. The Labute approximate surface area is 205 Å². The molecule has 35 heavy (non-hydrogen) atoms. The van der Waals surface area contributed by atoms with Crippen molar-refractivity contribution >= 4 is 51.5 Å². The van der Waals surface area contributed by atoms with Crippen molar-refractivity contribution in [1.29, 1.82) is 0 Å². The molecule has 2 amide bonds. The molecule has 0 aliphatic carbocycles. The summed E-state index contributed by atoms with van der Waals surface area (Å²) in [6, 6.07) is 13.1. The summed E-state index contributed by atoms with van der Waals surface area (Å²) in [4.78, 5) is 50.1. The monoisotopic (exact) mass is 497 g/mol. The van der Waals surface area contributed by atoms with E-state index in [0.717, 1.165) is 11.3 Å². The number of para-hydroxylation sites is 1. The first-order chi connectivity index (χ1) is 16.7. The van der Waals surface area contributed by atoms with Crippen molar-refractivity contribution < 1.29 is 33.4 Å². The number of carbonyl (C=O) groups excluding carboxylic acids is 4. The molecule has 3 aromatic rings. The third-order valence-electron chi connectivity index (χ3n) is 4.83. The Hall–Kier alpha value is -4.38. The van der Waals surface area contributed by atoms with Gasteiger partial charge in [-0.2, -0.15) is 0 Å². The fourth-order valence-corrected chi connectivity index (χ4v) is 4.22. The Balaban J connectivity index is 1.73. The van der Waals surface area contributed by atoms with Crippen LogP contribution >= 0.6 is 11.3 Å². The lowest BCUT2D eigenvalue weighted by Gasteiger charge is -2.09. The lowest BCUT2D eigenvalue weighted by atomic mass is 10.1. The zero-order chi connectivity index (χ0) is 25.5. The fourth-order valence-electron chi connectivity index (χ4n) is 3.11. The molecule has 0 saturated heterocycles. The van der Waals surface area contributed by atoms with Crippen molar-refractivity contribution in [2.24, 2.45) is 0 Å². The highest BCUT2D eigenvalue weighted by Gasteiger charge is 2.26. The van der Waals surface area contributed by atoms with Crippen LogP contribution in [0.2, 0.25) is 0 Å². The molecule has 1 aromatic heterocycles. The molecule has 0 aliphatic rings. The van der Waals surface area contributed by atoms with Crippen LogP contribution in [0.4, 0.5) is 16.4 Å². The fraction of sp³-hybridized carbons (Fsp3) is 0.167. The maximum Gasteiger partial charge on any atom is 0.341 e. The van der Waals surface area contributed by atoms with Crippen molar-refractivity contribution in [3.8, 4) is 5.75 Å². The van der Waals surface area contributed by atoms with E-state index in [-0.39, 0.29) is 26.7 Å². The van der Waals surface area contributed by atoms with Gasteiger partial charge in [-0.05, 0) is 42.8 Å². The SMILES string of the molecule is COC(=O)c1c(NC(=O)COC(=O)c2ccc(OC)c(N)c2)sc(C(=O)Nc2ccccc2)c1C. The van der Waals surface area contributed by atoms with Gasteiger partial charge in [-0.1, -0.05) is 18.2 Å². The highest BCUT2D eigenvalue weighted by Crippen LogP contribution is 2.34. The van der Waals surface area contributed by atoms with Crippen LogP contribution in [0.3, 0.4) is 0 Å². The van der Waals surface area contributed by atoms with Gasteiger partial charge < -0.3 is 30.6 Å². The molecule has 0 aliphatic heterocycles. The topological polar surface area (TPSA) is 146 Å². The lowest BCUT2D eigenvalue weighted by molar-refractivity contribution is -0.119. The summed E-state index contributed by atoms with van der Waals surface area (Å²) in [7, 11) is 2.64. The normalized spacial score (nSPS) is 10.3. The second kappa shape index (κ2) is 11.2. The number of hydrogen-bond acceptors (Lipinski definition) is 9. The zero-order valence-corrected chi connectivity index (χ0v) is 20.0. The van der Waals surface area contributed by atoms with E-state index in [0.29, 0.717) is 17.0 Å². The van der Waals surface area contributed by atoms with Crippen molar-refractivity contribution in [3.63, 3.8) is 0 Å². The second-order valence-electron chi connectivity index (χ2n) is 7.15. The Morgan fingerprint density at radius 1 is 0.971 bits per heavy atom. The summed E-state index contributed by atoms with van der Waals surface area (Å²) in [6.45, 7) is 0.945. The Morgan fingerprint density at radius 3 is 2.31 bits per heavy atom. The van der Waals surface area contributed by atoms with Gasteiger partial charge in [-0.3, -0.25) is 9.59 Å². The first-order valence-electron chi connectivity index (χ1n) is 10.2. The molecule has 0 bridgehead atoms. The summed E-state index contributed by atoms with van der Waals surface area (Å²) >= 11 is 0.906. The van der Waals surface area contributed by atoms with Crippen LogP contribution in [0.5, 0.6) is 5.75 Å². The van der Waals surface area contributed by atoms with Gasteiger partial charge in [-0.25, -0.2) is 9.59 Å². The summed E-state index contributed by atoms with van der Waals surface area (Å²) in [5.41, 5.74) is 7.12. The number of carbonyl (C=O) groups is 4. The summed E-state index contributed by atoms with van der Waals surface area (Å²) in [5, 5.41) is 5.36. The van der Waals surface area contributed by atoms with Gasteiger partial charge in [-0.15, -0.1) is 11.3 Å². The van der Waals surface area contributed by atoms with E-state index < -0.39 is 30.4 Å². The average Bonchev–Trinajstić information content (AvgIpc) is 3.18. The third kappa shape index (κ3) is 5.95. The minimum atomic E-state index is -0.770. The molecular weight excluding hydrogens is 474 g/mol. The first kappa shape index (κ1) is 25.2. The van der Waals surface area contributed by atoms with E-state index in [1.807, 2.05) is 6.07 Å². The number of methoxy groups -OCH3 is 2. The van der Waals surface area contributed by atoms with E-state index in [1.165, 1.54) is 32.4 Å². The number of thiophene rings is 1. The van der Waals surface area contributed by atoms with Crippen molar-refractivity contribution in [1.82, 2.24) is 0 Å². The number of esters is 2. The number of nitrogen functional groups attached to an aromatic ring is 1. The lowest BCUT2D eigenvalue weighted by Crippen LogP contribution is -2.21. The van der Waals surface area contributed by atoms with Crippen LogP contribution in [0.15, 0.2) is 48.5 Å². The maximum absolute atomic E-state index is 12.8. The number of nitrogens with two attached hydrogens (primary N) is 1. The second-order valence-corrected chi connectivity index (χ2v) is 8.17. The van der Waals surface area contributed by atoms with Crippen molar-refractivity contribution in [2.75, 3.05) is 37.2 Å². The van der Waals surface area contributed by atoms with E-state index in [2.05, 4.69) is 10.6 Å². The number of hydrogen-bond donors (Lipinski definition) is 3. The van der Waals surface area contributed by atoms with Crippen LogP contribution in [-0.4, -0.2) is 44.6 Å². The van der Waals surface area contributed by atoms with Crippen LogP contribution in [0.25, 0.3) is 0 Å². The molecule has 182 valence electrons. The van der Waals surface area contributed by atoms with Crippen LogP contribution in [-0.2, 0) is 14.3 Å². The Kier molecular flexibility index (Phi) is 8.05. The first-order valence-corrected chi connectivity index (χ1v) is 11.0. The minimum Gasteiger partial charge on any atom is -0.495 e. The van der Waals surface area contributed by atoms with Gasteiger partial charge in [0.2, 0.25) is 0 Å². The molecule has 0 spiro atoms. The van der Waals surface area contributed by atoms with E-state index >= 15 is 0 Å². The van der Waals surface area contributed by atoms with Gasteiger partial charge in [0.05, 0.1) is 35.9 Å². The van der Waals surface area contributed by atoms with Crippen molar-refractivity contribution in [3.05, 3.63) is 70.1 Å². The number of rotatable bonds is 8. The highest BCUT2D eigenvalue weighted by atomic mass is 32.1.